The predicted molar refractivity (Wildman–Crippen MR) is 177 cm³/mol. The molecular formula is C36H32Cl2NSiZr. The minimum absolute atomic E-state index is 0.0269. The van der Waals surface area contributed by atoms with Gasteiger partial charge in [0.25, 0.3) is 0 Å². The summed E-state index contributed by atoms with van der Waals surface area (Å²) in [4.78, 5) is 4.79. The molecule has 5 heteroatoms. The Kier molecular flexibility index (Phi) is 6.67. The molecule has 1 aromatic heterocycles. The van der Waals surface area contributed by atoms with Crippen LogP contribution in [0, 0.1) is 0 Å². The van der Waals surface area contributed by atoms with E-state index in [0.29, 0.717) is 0 Å². The minimum atomic E-state index is -4.90. The topological polar surface area (TPSA) is 12.9 Å². The molecule has 0 N–H and O–H groups in total. The van der Waals surface area contributed by atoms with Gasteiger partial charge in [-0.1, -0.05) is 0 Å². The Morgan fingerprint density at radius 3 is 2.12 bits per heavy atom. The molecule has 1 heterocycles. The number of aromatic nitrogens is 1. The molecule has 1 nitrogen and oxygen atoms in total. The van der Waals surface area contributed by atoms with E-state index in [1.807, 2.05) is 12.3 Å². The van der Waals surface area contributed by atoms with E-state index in [9.17, 15) is 0 Å². The standard InChI is InChI=1S/C19H14N.C10H9.C7H9Si.2ClH.Zr/c1-13-11-15-6-3-8-16(18(15)12-13)17-9-2-5-14-7-4-10-20-19(14)17;1-8-6-9-4-2-3-5-10(9)7-8;1-8-7-5-3-2-4-6-7;;;/h2-12H,1H3;2-7H,1H3;2-6,8H,1H3;2*1H;/q;;;;;+2/p-2. The van der Waals surface area contributed by atoms with Crippen molar-refractivity contribution in [1.29, 1.82) is 0 Å². The predicted octanol–water partition coefficient (Wildman–Crippen LogP) is 9.78. The van der Waals surface area contributed by atoms with Gasteiger partial charge in [0, 0.05) is 0 Å². The van der Waals surface area contributed by atoms with Crippen molar-refractivity contribution < 1.29 is 15.6 Å². The van der Waals surface area contributed by atoms with Crippen LogP contribution in [-0.4, -0.2) is 10.9 Å². The number of hydrogen-bond donors (Lipinski definition) is 0. The normalized spacial score (nSPS) is 19.6. The number of rotatable bonds is 5. The third kappa shape index (κ3) is 4.08. The molecule has 4 aromatic carbocycles. The number of nitrogens with zero attached hydrogens (tertiary/aromatic N) is 1. The number of para-hydroxylation sites is 1. The summed E-state index contributed by atoms with van der Waals surface area (Å²) in [7, 11) is 17.1. The van der Waals surface area contributed by atoms with Crippen molar-refractivity contribution in [1.82, 2.24) is 4.98 Å². The molecule has 0 spiro atoms. The first-order chi connectivity index (χ1) is 19.8. The first-order valence-corrected chi connectivity index (χ1v) is 30.1. The van der Waals surface area contributed by atoms with E-state index in [4.69, 9.17) is 22.0 Å². The first-order valence-electron chi connectivity index (χ1n) is 14.3. The summed E-state index contributed by atoms with van der Waals surface area (Å²) >= 11 is -4.90. The van der Waals surface area contributed by atoms with Crippen LogP contribution in [0.4, 0.5) is 0 Å². The summed E-state index contributed by atoms with van der Waals surface area (Å²) in [5, 5.41) is 2.50. The van der Waals surface area contributed by atoms with E-state index in [-0.39, 0.29) is 7.25 Å². The zero-order valence-electron chi connectivity index (χ0n) is 23.5. The van der Waals surface area contributed by atoms with E-state index in [1.54, 1.807) is 0 Å². The molecule has 3 atom stereocenters. The summed E-state index contributed by atoms with van der Waals surface area (Å²) in [6.07, 6.45) is 6.59. The molecule has 203 valence electrons. The summed E-state index contributed by atoms with van der Waals surface area (Å²) in [5.74, 6) is -1.89. The Bertz CT molecular complexity index is 1890. The van der Waals surface area contributed by atoms with Crippen molar-refractivity contribution in [2.24, 2.45) is 0 Å². The molecule has 0 saturated heterocycles. The SMILES string of the molecule is CC1=Cc2ccccc2[CH]1[Zr]([Cl])([Cl])([CH]1C(C)=Cc2c(-c3cccc4cccnc34)cccc21)[SiH](C)c1ccccc1. The van der Waals surface area contributed by atoms with Gasteiger partial charge in [-0.05, 0) is 0 Å². The number of benzene rings is 4. The summed E-state index contributed by atoms with van der Waals surface area (Å²) < 4.78 is 0.0964. The molecule has 0 amide bonds. The van der Waals surface area contributed by atoms with Crippen LogP contribution in [0.3, 0.4) is 0 Å². The molecule has 0 aliphatic heterocycles. The number of halogens is 2. The third-order valence-corrected chi connectivity index (χ3v) is 57.2. The number of fused-ring (bicyclic) bond motifs is 3. The van der Waals surface area contributed by atoms with Crippen molar-refractivity contribution in [3.05, 3.63) is 143 Å². The first kappa shape index (κ1) is 27.3. The fourth-order valence-electron chi connectivity index (χ4n) is 7.78. The van der Waals surface area contributed by atoms with Crippen molar-refractivity contribution in [2.45, 2.75) is 27.6 Å². The van der Waals surface area contributed by atoms with E-state index in [1.165, 1.54) is 44.2 Å². The van der Waals surface area contributed by atoms with Gasteiger partial charge in [0.05, 0.1) is 0 Å². The second kappa shape index (κ2) is 10.0. The van der Waals surface area contributed by atoms with Crippen LogP contribution in [0.5, 0.6) is 0 Å². The second-order valence-corrected chi connectivity index (χ2v) is 52.0. The molecule has 7 rings (SSSR count). The monoisotopic (exact) mass is 666 g/mol. The van der Waals surface area contributed by atoms with Gasteiger partial charge in [0.15, 0.2) is 0 Å². The Hall–Kier alpha value is -2.55. The fourth-order valence-corrected chi connectivity index (χ4v) is 50.0. The zero-order chi connectivity index (χ0) is 28.4. The third-order valence-electron chi connectivity index (χ3n) is 9.58. The quantitative estimate of drug-likeness (QED) is 0.170. The molecule has 5 aromatic rings. The summed E-state index contributed by atoms with van der Waals surface area (Å²) in [5.41, 5.74) is 11.1. The molecule has 2 aliphatic rings. The maximum atomic E-state index is 8.57. The van der Waals surface area contributed by atoms with E-state index in [0.717, 1.165) is 16.5 Å². The van der Waals surface area contributed by atoms with Crippen molar-refractivity contribution in [2.75, 3.05) is 0 Å². The Morgan fingerprint density at radius 1 is 0.659 bits per heavy atom. The van der Waals surface area contributed by atoms with Gasteiger partial charge in [-0.25, -0.2) is 0 Å². The number of pyridine rings is 1. The number of hydrogen-bond acceptors (Lipinski definition) is 1. The van der Waals surface area contributed by atoms with Gasteiger partial charge in [-0.2, -0.15) is 0 Å². The molecule has 0 radical (unpaired) electrons. The maximum absolute atomic E-state index is 8.57. The van der Waals surface area contributed by atoms with Crippen LogP contribution < -0.4 is 5.19 Å². The van der Waals surface area contributed by atoms with Gasteiger partial charge in [-0.3, -0.25) is 0 Å². The van der Waals surface area contributed by atoms with E-state index < -0.39 is 21.5 Å². The molecule has 41 heavy (non-hydrogen) atoms. The average Bonchev–Trinajstić information content (AvgIpc) is 3.53. The average molecular weight is 669 g/mol. The Labute approximate surface area is 251 Å². The van der Waals surface area contributed by atoms with Crippen LogP contribution in [0.15, 0.2) is 120 Å². The fraction of sp³-hybridized carbons (Fsp3) is 0.139. The molecular weight excluding hydrogens is 637 g/mol. The molecule has 0 fully saturated rings. The van der Waals surface area contributed by atoms with Gasteiger partial charge in [0.1, 0.15) is 0 Å². The van der Waals surface area contributed by atoms with Crippen LogP contribution in [0.2, 0.25) is 6.55 Å². The van der Waals surface area contributed by atoms with Crippen LogP contribution in [0.1, 0.15) is 43.4 Å². The van der Waals surface area contributed by atoms with Crippen LogP contribution in [-0.2, 0) is 15.6 Å². The zero-order valence-corrected chi connectivity index (χ0v) is 28.6. The molecule has 0 saturated carbocycles. The van der Waals surface area contributed by atoms with Crippen LogP contribution >= 0.6 is 17.0 Å². The van der Waals surface area contributed by atoms with Gasteiger partial charge >= 0.3 is 253 Å². The van der Waals surface area contributed by atoms with Crippen molar-refractivity contribution in [3.8, 4) is 11.1 Å². The summed E-state index contributed by atoms with van der Waals surface area (Å²) in [6.45, 7) is 6.94. The van der Waals surface area contributed by atoms with Gasteiger partial charge < -0.3 is 0 Å². The van der Waals surface area contributed by atoms with E-state index in [2.05, 4.69) is 130 Å². The second-order valence-electron chi connectivity index (χ2n) is 11.8. The number of allylic oxidation sites excluding steroid dienone is 2. The van der Waals surface area contributed by atoms with Crippen molar-refractivity contribution >= 4 is 51.2 Å². The molecule has 2 aliphatic carbocycles. The molecule has 3 unspecified atom stereocenters. The van der Waals surface area contributed by atoms with Gasteiger partial charge in [-0.15, -0.1) is 0 Å². The Balaban J connectivity index is 1.49. The molecule has 0 bridgehead atoms. The van der Waals surface area contributed by atoms with Crippen molar-refractivity contribution in [3.63, 3.8) is 0 Å². The van der Waals surface area contributed by atoms with E-state index >= 15 is 0 Å². The van der Waals surface area contributed by atoms with Gasteiger partial charge in [0.2, 0.25) is 0 Å². The summed E-state index contributed by atoms with van der Waals surface area (Å²) in [6, 6.07) is 37.0. The van der Waals surface area contributed by atoms with Crippen LogP contribution in [0.25, 0.3) is 34.2 Å². The Morgan fingerprint density at radius 2 is 1.29 bits per heavy atom.